The number of esters is 1. The third-order valence-corrected chi connectivity index (χ3v) is 3.82. The quantitative estimate of drug-likeness (QED) is 0.829. The van der Waals surface area contributed by atoms with Gasteiger partial charge in [0.2, 0.25) is 0 Å². The van der Waals surface area contributed by atoms with Crippen LogP contribution in [-0.2, 0) is 16.1 Å². The van der Waals surface area contributed by atoms with Crippen LogP contribution in [-0.4, -0.2) is 16.7 Å². The summed E-state index contributed by atoms with van der Waals surface area (Å²) in [5, 5.41) is 10.3. The molecule has 0 aliphatic heterocycles. The summed E-state index contributed by atoms with van der Waals surface area (Å²) in [6, 6.07) is 9.65. The van der Waals surface area contributed by atoms with Gasteiger partial charge in [-0.1, -0.05) is 49.6 Å². The molecule has 0 heterocycles. The molecule has 1 aliphatic rings. The molecule has 3 heteroatoms. The highest BCUT2D eigenvalue weighted by molar-refractivity contribution is 5.69. The van der Waals surface area contributed by atoms with Crippen LogP contribution in [0.2, 0.25) is 0 Å². The van der Waals surface area contributed by atoms with Crippen molar-refractivity contribution in [3.8, 4) is 0 Å². The van der Waals surface area contributed by atoms with Crippen molar-refractivity contribution in [2.45, 2.75) is 57.2 Å². The van der Waals surface area contributed by atoms with Crippen molar-refractivity contribution in [3.63, 3.8) is 0 Å². The minimum Gasteiger partial charge on any atom is -0.461 e. The van der Waals surface area contributed by atoms with Gasteiger partial charge in [-0.3, -0.25) is 4.79 Å². The van der Waals surface area contributed by atoms with E-state index in [0.717, 1.165) is 31.2 Å². The smallest absolute Gasteiger partial charge is 0.306 e. The Morgan fingerprint density at radius 1 is 1.16 bits per heavy atom. The van der Waals surface area contributed by atoms with Gasteiger partial charge < -0.3 is 9.84 Å². The van der Waals surface area contributed by atoms with Gasteiger partial charge in [0, 0.05) is 6.42 Å². The molecule has 19 heavy (non-hydrogen) atoms. The Morgan fingerprint density at radius 3 is 2.53 bits per heavy atom. The maximum atomic E-state index is 11.7. The molecular formula is C16H22O3. The largest absolute Gasteiger partial charge is 0.461 e. The molecule has 1 fully saturated rings. The number of aliphatic hydroxyl groups is 1. The first-order valence-electron chi connectivity index (χ1n) is 7.10. The Morgan fingerprint density at radius 2 is 1.84 bits per heavy atom. The van der Waals surface area contributed by atoms with Crippen LogP contribution in [0.1, 0.15) is 50.5 Å². The van der Waals surface area contributed by atoms with Crippen LogP contribution in [0.15, 0.2) is 30.3 Å². The van der Waals surface area contributed by atoms with E-state index in [-0.39, 0.29) is 5.97 Å². The second-order valence-corrected chi connectivity index (χ2v) is 5.43. The summed E-state index contributed by atoms with van der Waals surface area (Å²) in [5.74, 6) is -0.220. The third-order valence-electron chi connectivity index (χ3n) is 3.82. The topological polar surface area (TPSA) is 46.5 Å². The summed E-state index contributed by atoms with van der Waals surface area (Å²) >= 11 is 0. The van der Waals surface area contributed by atoms with E-state index in [1.54, 1.807) is 0 Å². The molecule has 1 aromatic carbocycles. The molecule has 2 rings (SSSR count). The lowest BCUT2D eigenvalue weighted by molar-refractivity contribution is -0.146. The number of ether oxygens (including phenoxy) is 1. The fourth-order valence-corrected chi connectivity index (χ4v) is 2.60. The number of carbonyl (C=O) groups excluding carboxylic acids is 1. The highest BCUT2D eigenvalue weighted by Crippen LogP contribution is 2.31. The molecular weight excluding hydrogens is 240 g/mol. The Kier molecular flexibility index (Phi) is 4.97. The van der Waals surface area contributed by atoms with Crippen LogP contribution < -0.4 is 0 Å². The molecule has 0 saturated heterocycles. The van der Waals surface area contributed by atoms with Crippen LogP contribution in [0.4, 0.5) is 0 Å². The van der Waals surface area contributed by atoms with Crippen molar-refractivity contribution >= 4 is 5.97 Å². The number of carbonyl (C=O) groups is 1. The summed E-state index contributed by atoms with van der Waals surface area (Å²) in [7, 11) is 0. The Hall–Kier alpha value is -1.35. The lowest BCUT2D eigenvalue weighted by Crippen LogP contribution is -2.32. The van der Waals surface area contributed by atoms with Crippen LogP contribution >= 0.6 is 0 Å². The summed E-state index contributed by atoms with van der Waals surface area (Å²) in [4.78, 5) is 11.7. The SMILES string of the molecule is O=C(CCC1(O)CCCCC1)OCc1ccccc1. The lowest BCUT2D eigenvalue weighted by atomic mass is 9.82. The van der Waals surface area contributed by atoms with Gasteiger partial charge in [0.1, 0.15) is 6.61 Å². The van der Waals surface area contributed by atoms with Gasteiger partial charge in [0.25, 0.3) is 0 Å². The van der Waals surface area contributed by atoms with Crippen LogP contribution in [0.25, 0.3) is 0 Å². The number of rotatable bonds is 5. The standard InChI is InChI=1S/C16H22O3/c17-15(19-13-14-7-3-1-4-8-14)9-12-16(18)10-5-2-6-11-16/h1,3-4,7-8,18H,2,5-6,9-13H2. The molecule has 0 amide bonds. The van der Waals surface area contributed by atoms with E-state index in [0.29, 0.717) is 19.4 Å². The number of hydrogen-bond donors (Lipinski definition) is 1. The summed E-state index contributed by atoms with van der Waals surface area (Å²) < 4.78 is 5.21. The Labute approximate surface area is 114 Å². The molecule has 0 aromatic heterocycles. The molecule has 0 spiro atoms. The second kappa shape index (κ2) is 6.71. The molecule has 1 aliphatic carbocycles. The van der Waals surface area contributed by atoms with Gasteiger partial charge in [-0.05, 0) is 24.8 Å². The molecule has 0 bridgehead atoms. The van der Waals surface area contributed by atoms with Gasteiger partial charge >= 0.3 is 5.97 Å². The first-order valence-corrected chi connectivity index (χ1v) is 7.10. The van der Waals surface area contributed by atoms with Crippen molar-refractivity contribution < 1.29 is 14.6 Å². The highest BCUT2D eigenvalue weighted by atomic mass is 16.5. The van der Waals surface area contributed by atoms with Gasteiger partial charge in [-0.2, -0.15) is 0 Å². The molecule has 1 aromatic rings. The minimum atomic E-state index is -0.635. The van der Waals surface area contributed by atoms with E-state index in [9.17, 15) is 9.90 Å². The van der Waals surface area contributed by atoms with Gasteiger partial charge in [0.05, 0.1) is 5.60 Å². The van der Waals surface area contributed by atoms with Crippen LogP contribution in [0, 0.1) is 0 Å². The first kappa shape index (κ1) is 14.1. The van der Waals surface area contributed by atoms with Gasteiger partial charge in [-0.15, -0.1) is 0 Å². The van der Waals surface area contributed by atoms with Crippen molar-refractivity contribution in [1.82, 2.24) is 0 Å². The predicted molar refractivity (Wildman–Crippen MR) is 73.5 cm³/mol. The zero-order chi connectivity index (χ0) is 13.6. The Bertz CT molecular complexity index is 394. The van der Waals surface area contributed by atoms with E-state index in [4.69, 9.17) is 4.74 Å². The molecule has 3 nitrogen and oxygen atoms in total. The molecule has 104 valence electrons. The van der Waals surface area contributed by atoms with E-state index in [1.165, 1.54) is 6.42 Å². The van der Waals surface area contributed by atoms with Gasteiger partial charge in [0.15, 0.2) is 0 Å². The van der Waals surface area contributed by atoms with E-state index in [2.05, 4.69) is 0 Å². The number of hydrogen-bond acceptors (Lipinski definition) is 3. The van der Waals surface area contributed by atoms with Crippen LogP contribution in [0.5, 0.6) is 0 Å². The highest BCUT2D eigenvalue weighted by Gasteiger charge is 2.29. The zero-order valence-electron chi connectivity index (χ0n) is 11.3. The lowest BCUT2D eigenvalue weighted by Gasteiger charge is -2.31. The third kappa shape index (κ3) is 4.67. The maximum absolute atomic E-state index is 11.7. The fraction of sp³-hybridized carbons (Fsp3) is 0.562. The summed E-state index contributed by atoms with van der Waals surface area (Å²) in [6.45, 7) is 0.318. The Balaban J connectivity index is 1.70. The minimum absolute atomic E-state index is 0.220. The normalized spacial score (nSPS) is 17.9. The average Bonchev–Trinajstić information content (AvgIpc) is 2.45. The fourth-order valence-electron chi connectivity index (χ4n) is 2.60. The summed E-state index contributed by atoms with van der Waals surface area (Å²) in [5.41, 5.74) is 0.358. The van der Waals surface area contributed by atoms with Crippen molar-refractivity contribution in [2.24, 2.45) is 0 Å². The second-order valence-electron chi connectivity index (χ2n) is 5.43. The summed E-state index contributed by atoms with van der Waals surface area (Å²) in [6.07, 6.45) is 5.80. The predicted octanol–water partition coefficient (Wildman–Crippen LogP) is 3.21. The number of benzene rings is 1. The van der Waals surface area contributed by atoms with E-state index < -0.39 is 5.60 Å². The zero-order valence-corrected chi connectivity index (χ0v) is 11.3. The van der Waals surface area contributed by atoms with Gasteiger partial charge in [-0.25, -0.2) is 0 Å². The van der Waals surface area contributed by atoms with Crippen molar-refractivity contribution in [2.75, 3.05) is 0 Å². The van der Waals surface area contributed by atoms with Crippen molar-refractivity contribution in [1.29, 1.82) is 0 Å². The van der Waals surface area contributed by atoms with Crippen molar-refractivity contribution in [3.05, 3.63) is 35.9 Å². The average molecular weight is 262 g/mol. The van der Waals surface area contributed by atoms with E-state index >= 15 is 0 Å². The van der Waals surface area contributed by atoms with E-state index in [1.807, 2.05) is 30.3 Å². The molecule has 1 saturated carbocycles. The molecule has 1 N–H and O–H groups in total. The molecule has 0 unspecified atom stereocenters. The molecule has 0 radical (unpaired) electrons. The molecule has 0 atom stereocenters. The van der Waals surface area contributed by atoms with Crippen LogP contribution in [0.3, 0.4) is 0 Å². The maximum Gasteiger partial charge on any atom is 0.306 e. The first-order chi connectivity index (χ1) is 9.18. The monoisotopic (exact) mass is 262 g/mol.